The maximum absolute atomic E-state index is 3.26. The third-order valence-corrected chi connectivity index (χ3v) is 1.82. The zero-order valence-electron chi connectivity index (χ0n) is 7.43. The molecule has 0 fully saturated rings. The Morgan fingerprint density at radius 2 is 1.42 bits per heavy atom. The van der Waals surface area contributed by atoms with Gasteiger partial charge in [0.1, 0.15) is 0 Å². The Kier molecular flexibility index (Phi) is 19.9. The van der Waals surface area contributed by atoms with Gasteiger partial charge in [0.2, 0.25) is 0 Å². The van der Waals surface area contributed by atoms with Crippen LogP contribution in [0.3, 0.4) is 0 Å². The van der Waals surface area contributed by atoms with Gasteiger partial charge in [0.15, 0.2) is 0 Å². The molecule has 0 aromatic heterocycles. The van der Waals surface area contributed by atoms with Crippen molar-refractivity contribution in [2.24, 2.45) is 0 Å². The molecule has 1 aliphatic rings. The molecule has 0 atom stereocenters. The average Bonchev–Trinajstić information content (AvgIpc) is 1.98. The normalized spacial score (nSPS) is 13.1. The van der Waals surface area contributed by atoms with Crippen molar-refractivity contribution in [2.45, 2.75) is 27.2 Å². The van der Waals surface area contributed by atoms with E-state index < -0.39 is 0 Å². The van der Waals surface area contributed by atoms with Crippen molar-refractivity contribution in [3.63, 3.8) is 0 Å². The summed E-state index contributed by atoms with van der Waals surface area (Å²) in [6.45, 7) is 6.44. The molecule has 0 nitrogen and oxygen atoms in total. The molecule has 72 valence electrons. The molecule has 0 spiro atoms. The van der Waals surface area contributed by atoms with Gasteiger partial charge in [0, 0.05) is 25.8 Å². The van der Waals surface area contributed by atoms with Gasteiger partial charge in [-0.05, 0) is 0 Å². The number of halogens is 3. The first kappa shape index (κ1) is 23.2. The maximum atomic E-state index is 3.26. The first-order valence-electron chi connectivity index (χ1n) is 2.96. The summed E-state index contributed by atoms with van der Waals surface area (Å²) in [6.07, 6.45) is 4.31. The first-order chi connectivity index (χ1) is 3.72. The van der Waals surface area contributed by atoms with Gasteiger partial charge >= 0.3 is 0 Å². The molecular formula is C8H14Cl3Hf-. The molecule has 0 aliphatic heterocycles. The van der Waals surface area contributed by atoms with E-state index in [2.05, 4.69) is 26.8 Å². The molecule has 0 unspecified atom stereocenters. The van der Waals surface area contributed by atoms with Crippen LogP contribution < -0.4 is 0 Å². The van der Waals surface area contributed by atoms with Gasteiger partial charge in [0.05, 0.1) is 0 Å². The van der Waals surface area contributed by atoms with Gasteiger partial charge in [0.25, 0.3) is 0 Å². The molecule has 1 rings (SSSR count). The average molecular weight is 395 g/mol. The Morgan fingerprint density at radius 1 is 1.00 bits per heavy atom. The largest absolute Gasteiger partial charge is 0.269 e. The van der Waals surface area contributed by atoms with Crippen molar-refractivity contribution < 1.29 is 25.8 Å². The first-order valence-corrected chi connectivity index (χ1v) is 2.96. The zero-order chi connectivity index (χ0) is 6.15. The minimum Gasteiger partial charge on any atom is -0.269 e. The van der Waals surface area contributed by atoms with E-state index in [4.69, 9.17) is 0 Å². The minimum atomic E-state index is 0. The van der Waals surface area contributed by atoms with Crippen LogP contribution in [-0.4, -0.2) is 0 Å². The summed E-state index contributed by atoms with van der Waals surface area (Å²) >= 11 is 0. The van der Waals surface area contributed by atoms with Crippen molar-refractivity contribution in [1.82, 2.24) is 0 Å². The van der Waals surface area contributed by atoms with Crippen LogP contribution in [0.15, 0.2) is 16.7 Å². The number of rotatable bonds is 0. The van der Waals surface area contributed by atoms with Gasteiger partial charge in [-0.25, -0.2) is 5.57 Å². The molecule has 0 aromatic rings. The molecule has 4 heteroatoms. The third-order valence-electron chi connectivity index (χ3n) is 1.82. The molecule has 1 aliphatic carbocycles. The van der Waals surface area contributed by atoms with Crippen LogP contribution in [0.25, 0.3) is 0 Å². The van der Waals surface area contributed by atoms with E-state index in [1.54, 1.807) is 0 Å². The zero-order valence-corrected chi connectivity index (χ0v) is 13.5. The molecule has 0 saturated heterocycles. The molecule has 0 amide bonds. The summed E-state index contributed by atoms with van der Waals surface area (Å²) in [5, 5.41) is 0. The summed E-state index contributed by atoms with van der Waals surface area (Å²) in [7, 11) is 0. The second kappa shape index (κ2) is 10.3. The van der Waals surface area contributed by atoms with Crippen molar-refractivity contribution in [1.29, 1.82) is 0 Å². The fourth-order valence-corrected chi connectivity index (χ4v) is 0.850. The standard InChI is InChI=1S/C8H11.3ClH.Hf/c1-6-4-5-7(2)8(6)3;;;;/h4H2,1-3H3;3*1H;/q-1;;;;. The molecule has 0 radical (unpaired) electrons. The Morgan fingerprint density at radius 3 is 1.50 bits per heavy atom. The van der Waals surface area contributed by atoms with Crippen molar-refractivity contribution >= 4 is 37.2 Å². The molecule has 0 bridgehead atoms. The minimum absolute atomic E-state index is 0. The predicted molar refractivity (Wildman–Crippen MR) is 57.2 cm³/mol. The van der Waals surface area contributed by atoms with Crippen LogP contribution in [0, 0.1) is 6.08 Å². The van der Waals surface area contributed by atoms with Crippen LogP contribution in [0.2, 0.25) is 0 Å². The SMILES string of the molecule is CC1=[C-]CC(C)=C1C.Cl.Cl.Cl.[Hf]. The van der Waals surface area contributed by atoms with Gasteiger partial charge in [-0.3, -0.25) is 6.08 Å². The van der Waals surface area contributed by atoms with E-state index in [1.165, 1.54) is 16.7 Å². The summed E-state index contributed by atoms with van der Waals surface area (Å²) in [4.78, 5) is 0. The van der Waals surface area contributed by atoms with Crippen LogP contribution in [0.5, 0.6) is 0 Å². The quantitative estimate of drug-likeness (QED) is 0.433. The van der Waals surface area contributed by atoms with E-state index in [-0.39, 0.29) is 63.1 Å². The molecular weight excluding hydrogens is 381 g/mol. The second-order valence-electron chi connectivity index (χ2n) is 2.38. The van der Waals surface area contributed by atoms with Crippen LogP contribution in [0.4, 0.5) is 0 Å². The van der Waals surface area contributed by atoms with Gasteiger partial charge in [-0.1, -0.05) is 13.8 Å². The van der Waals surface area contributed by atoms with E-state index in [0.717, 1.165) is 6.42 Å². The van der Waals surface area contributed by atoms with Crippen LogP contribution in [0.1, 0.15) is 27.2 Å². The monoisotopic (exact) mass is 395 g/mol. The number of allylic oxidation sites excluding steroid dienone is 4. The second-order valence-corrected chi connectivity index (χ2v) is 2.38. The van der Waals surface area contributed by atoms with Gasteiger partial charge in [-0.15, -0.1) is 50.6 Å². The van der Waals surface area contributed by atoms with Crippen molar-refractivity contribution in [3.05, 3.63) is 22.8 Å². The van der Waals surface area contributed by atoms with Crippen LogP contribution >= 0.6 is 37.2 Å². The third kappa shape index (κ3) is 5.80. The van der Waals surface area contributed by atoms with E-state index in [1.807, 2.05) is 0 Å². The summed E-state index contributed by atoms with van der Waals surface area (Å²) in [6, 6.07) is 0. The van der Waals surface area contributed by atoms with E-state index in [9.17, 15) is 0 Å². The Bertz CT molecular complexity index is 168. The molecule has 0 N–H and O–H groups in total. The number of hydrogen-bond donors (Lipinski definition) is 0. The smallest absolute Gasteiger partial charge is 0 e. The van der Waals surface area contributed by atoms with Crippen molar-refractivity contribution in [3.8, 4) is 0 Å². The molecule has 0 aromatic carbocycles. The summed E-state index contributed by atoms with van der Waals surface area (Å²) in [5.41, 5.74) is 4.25. The van der Waals surface area contributed by atoms with Gasteiger partial charge < -0.3 is 0 Å². The fourth-order valence-electron chi connectivity index (χ4n) is 0.850. The van der Waals surface area contributed by atoms with Crippen molar-refractivity contribution in [2.75, 3.05) is 0 Å². The van der Waals surface area contributed by atoms with E-state index >= 15 is 0 Å². The van der Waals surface area contributed by atoms with E-state index in [0.29, 0.717) is 0 Å². The predicted octanol–water partition coefficient (Wildman–Crippen LogP) is 3.74. The fraction of sp³-hybridized carbons (Fsp3) is 0.500. The summed E-state index contributed by atoms with van der Waals surface area (Å²) < 4.78 is 0. The van der Waals surface area contributed by atoms with Crippen LogP contribution in [-0.2, 0) is 25.8 Å². The Hall–Kier alpha value is 1.22. The topological polar surface area (TPSA) is 0 Å². The maximum Gasteiger partial charge on any atom is 0 e. The molecule has 0 saturated carbocycles. The Labute approximate surface area is 112 Å². The molecule has 0 heterocycles. The summed E-state index contributed by atoms with van der Waals surface area (Å²) in [5.74, 6) is 0. The number of hydrogen-bond acceptors (Lipinski definition) is 0. The molecule has 12 heavy (non-hydrogen) atoms. The Balaban J connectivity index is -0.0000000800. The van der Waals surface area contributed by atoms with Gasteiger partial charge in [-0.2, -0.15) is 11.1 Å².